The van der Waals surface area contributed by atoms with Crippen LogP contribution in [0.2, 0.25) is 0 Å². The SMILES string of the molecule is C=C(CCNC)c1ccco1. The Balaban J connectivity index is 2.43. The van der Waals surface area contributed by atoms with E-state index < -0.39 is 0 Å². The normalized spacial score (nSPS) is 9.91. The second-order valence-electron chi connectivity index (χ2n) is 2.43. The predicted molar refractivity (Wildman–Crippen MR) is 46.3 cm³/mol. The molecule has 0 aliphatic heterocycles. The average Bonchev–Trinajstić information content (AvgIpc) is 2.52. The van der Waals surface area contributed by atoms with Gasteiger partial charge in [0.1, 0.15) is 5.76 Å². The molecular weight excluding hydrogens is 138 g/mol. The van der Waals surface area contributed by atoms with Gasteiger partial charge in [-0.3, -0.25) is 0 Å². The van der Waals surface area contributed by atoms with Crippen molar-refractivity contribution in [2.45, 2.75) is 6.42 Å². The van der Waals surface area contributed by atoms with Crippen LogP contribution in [0.3, 0.4) is 0 Å². The Bertz CT molecular complexity index is 213. The molecule has 0 saturated heterocycles. The van der Waals surface area contributed by atoms with E-state index in [-0.39, 0.29) is 0 Å². The van der Waals surface area contributed by atoms with Gasteiger partial charge in [0, 0.05) is 0 Å². The van der Waals surface area contributed by atoms with Gasteiger partial charge in [0.2, 0.25) is 0 Å². The second-order valence-corrected chi connectivity index (χ2v) is 2.43. The van der Waals surface area contributed by atoms with Gasteiger partial charge in [0.05, 0.1) is 6.26 Å². The van der Waals surface area contributed by atoms with Gasteiger partial charge in [-0.05, 0) is 37.7 Å². The number of hydrogen-bond donors (Lipinski definition) is 1. The molecule has 1 aromatic rings. The minimum absolute atomic E-state index is 0.889. The zero-order chi connectivity index (χ0) is 8.10. The van der Waals surface area contributed by atoms with E-state index in [2.05, 4.69) is 11.9 Å². The number of hydrogen-bond acceptors (Lipinski definition) is 2. The lowest BCUT2D eigenvalue weighted by atomic mass is 10.2. The summed E-state index contributed by atoms with van der Waals surface area (Å²) < 4.78 is 5.17. The van der Waals surface area contributed by atoms with Gasteiger partial charge in [-0.1, -0.05) is 6.58 Å². The summed E-state index contributed by atoms with van der Waals surface area (Å²) in [7, 11) is 1.93. The molecule has 0 aromatic carbocycles. The largest absolute Gasteiger partial charge is 0.465 e. The van der Waals surface area contributed by atoms with E-state index in [9.17, 15) is 0 Å². The quantitative estimate of drug-likeness (QED) is 0.711. The van der Waals surface area contributed by atoms with Crippen LogP contribution in [0, 0.1) is 0 Å². The molecule has 1 rings (SSSR count). The van der Waals surface area contributed by atoms with Gasteiger partial charge in [-0.15, -0.1) is 0 Å². The summed E-state index contributed by atoms with van der Waals surface area (Å²) in [5.74, 6) is 0.889. The van der Waals surface area contributed by atoms with Crippen molar-refractivity contribution in [3.63, 3.8) is 0 Å². The standard InChI is InChI=1S/C9H13NO/c1-8(5-6-10-2)9-4-3-7-11-9/h3-4,7,10H,1,5-6H2,2H3. The predicted octanol–water partition coefficient (Wildman–Crippen LogP) is 1.90. The summed E-state index contributed by atoms with van der Waals surface area (Å²) in [6.45, 7) is 4.84. The Labute approximate surface area is 66.9 Å². The maximum absolute atomic E-state index is 5.17. The second kappa shape index (κ2) is 3.98. The molecule has 2 nitrogen and oxygen atoms in total. The van der Waals surface area contributed by atoms with Crippen LogP contribution in [-0.2, 0) is 0 Å². The van der Waals surface area contributed by atoms with E-state index in [0.717, 1.165) is 24.3 Å². The maximum atomic E-state index is 5.17. The van der Waals surface area contributed by atoms with Crippen molar-refractivity contribution in [2.24, 2.45) is 0 Å². The highest BCUT2D eigenvalue weighted by Gasteiger charge is 1.99. The van der Waals surface area contributed by atoms with Crippen LogP contribution < -0.4 is 5.32 Å². The summed E-state index contributed by atoms with van der Waals surface area (Å²) in [5, 5.41) is 3.06. The first-order valence-electron chi connectivity index (χ1n) is 3.71. The van der Waals surface area contributed by atoms with Gasteiger partial charge in [0.15, 0.2) is 0 Å². The van der Waals surface area contributed by atoms with Crippen LogP contribution >= 0.6 is 0 Å². The van der Waals surface area contributed by atoms with Gasteiger partial charge in [-0.2, -0.15) is 0 Å². The zero-order valence-electron chi connectivity index (χ0n) is 6.76. The number of nitrogens with one attached hydrogen (secondary N) is 1. The maximum Gasteiger partial charge on any atom is 0.129 e. The molecule has 0 aliphatic rings. The fourth-order valence-corrected chi connectivity index (χ4v) is 0.879. The lowest BCUT2D eigenvalue weighted by Gasteiger charge is -1.99. The smallest absolute Gasteiger partial charge is 0.129 e. The lowest BCUT2D eigenvalue weighted by molar-refractivity contribution is 0.549. The van der Waals surface area contributed by atoms with Gasteiger partial charge < -0.3 is 9.73 Å². The van der Waals surface area contributed by atoms with Crippen molar-refractivity contribution in [2.75, 3.05) is 13.6 Å². The minimum atomic E-state index is 0.889. The first-order valence-corrected chi connectivity index (χ1v) is 3.71. The molecule has 60 valence electrons. The fourth-order valence-electron chi connectivity index (χ4n) is 0.879. The van der Waals surface area contributed by atoms with Crippen molar-refractivity contribution >= 4 is 5.57 Å². The fraction of sp³-hybridized carbons (Fsp3) is 0.333. The summed E-state index contributed by atoms with van der Waals surface area (Å²) in [4.78, 5) is 0. The van der Waals surface area contributed by atoms with Crippen molar-refractivity contribution in [1.29, 1.82) is 0 Å². The van der Waals surface area contributed by atoms with Crippen LogP contribution in [0.15, 0.2) is 29.4 Å². The molecule has 0 radical (unpaired) electrons. The van der Waals surface area contributed by atoms with E-state index in [0.29, 0.717) is 0 Å². The topological polar surface area (TPSA) is 25.2 Å². The van der Waals surface area contributed by atoms with Gasteiger partial charge in [-0.25, -0.2) is 0 Å². The highest BCUT2D eigenvalue weighted by Crippen LogP contribution is 2.14. The van der Waals surface area contributed by atoms with E-state index in [1.165, 1.54) is 0 Å². The zero-order valence-corrected chi connectivity index (χ0v) is 6.76. The molecule has 0 bridgehead atoms. The monoisotopic (exact) mass is 151 g/mol. The van der Waals surface area contributed by atoms with Gasteiger partial charge in [0.25, 0.3) is 0 Å². The van der Waals surface area contributed by atoms with Crippen molar-refractivity contribution in [3.05, 3.63) is 30.7 Å². The van der Waals surface area contributed by atoms with E-state index >= 15 is 0 Å². The molecule has 0 atom stereocenters. The molecule has 0 aliphatic carbocycles. The summed E-state index contributed by atoms with van der Waals surface area (Å²) >= 11 is 0. The van der Waals surface area contributed by atoms with Crippen molar-refractivity contribution in [1.82, 2.24) is 5.32 Å². The molecule has 1 heterocycles. The molecule has 0 spiro atoms. The van der Waals surface area contributed by atoms with Gasteiger partial charge >= 0.3 is 0 Å². The Morgan fingerprint density at radius 3 is 3.09 bits per heavy atom. The molecule has 2 heteroatoms. The first kappa shape index (κ1) is 8.08. The molecule has 0 amide bonds. The summed E-state index contributed by atoms with van der Waals surface area (Å²) in [6.07, 6.45) is 2.60. The average molecular weight is 151 g/mol. The molecule has 0 fully saturated rings. The van der Waals surface area contributed by atoms with Crippen LogP contribution in [0.5, 0.6) is 0 Å². The lowest BCUT2D eigenvalue weighted by Crippen LogP contribution is -2.07. The number of furan rings is 1. The van der Waals surface area contributed by atoms with Crippen LogP contribution in [0.25, 0.3) is 5.57 Å². The highest BCUT2D eigenvalue weighted by molar-refractivity contribution is 5.58. The van der Waals surface area contributed by atoms with Crippen LogP contribution in [-0.4, -0.2) is 13.6 Å². The molecule has 1 aromatic heterocycles. The van der Waals surface area contributed by atoms with Crippen LogP contribution in [0.4, 0.5) is 0 Å². The Kier molecular flexibility index (Phi) is 2.93. The minimum Gasteiger partial charge on any atom is -0.465 e. The highest BCUT2D eigenvalue weighted by atomic mass is 16.3. The molecule has 0 saturated carbocycles. The van der Waals surface area contributed by atoms with Crippen LogP contribution in [0.1, 0.15) is 12.2 Å². The Morgan fingerprint density at radius 1 is 1.73 bits per heavy atom. The van der Waals surface area contributed by atoms with E-state index in [1.807, 2.05) is 19.2 Å². The van der Waals surface area contributed by atoms with Crippen molar-refractivity contribution in [3.8, 4) is 0 Å². The third-order valence-electron chi connectivity index (χ3n) is 1.55. The molecular formula is C9H13NO. The molecule has 0 unspecified atom stereocenters. The Morgan fingerprint density at radius 2 is 2.55 bits per heavy atom. The third-order valence-corrected chi connectivity index (χ3v) is 1.55. The van der Waals surface area contributed by atoms with E-state index in [4.69, 9.17) is 4.42 Å². The van der Waals surface area contributed by atoms with E-state index in [1.54, 1.807) is 6.26 Å². The third kappa shape index (κ3) is 2.24. The molecule has 11 heavy (non-hydrogen) atoms. The summed E-state index contributed by atoms with van der Waals surface area (Å²) in [6, 6.07) is 3.80. The molecule has 1 N–H and O–H groups in total. The Hall–Kier alpha value is -1.02. The number of rotatable bonds is 4. The summed E-state index contributed by atoms with van der Waals surface area (Å²) in [5.41, 5.74) is 1.05. The first-order chi connectivity index (χ1) is 5.34. The van der Waals surface area contributed by atoms with Crippen molar-refractivity contribution < 1.29 is 4.42 Å².